The highest BCUT2D eigenvalue weighted by Crippen LogP contribution is 2.16. The first-order valence-corrected chi connectivity index (χ1v) is 9.44. The molecule has 0 bridgehead atoms. The van der Waals surface area contributed by atoms with E-state index in [1.54, 1.807) is 12.1 Å². The van der Waals surface area contributed by atoms with Crippen molar-refractivity contribution in [3.8, 4) is 0 Å². The third-order valence-electron chi connectivity index (χ3n) is 4.04. The van der Waals surface area contributed by atoms with Gasteiger partial charge in [-0.05, 0) is 35.4 Å². The Hall–Kier alpha value is -2.12. The number of hydrogen-bond donors (Lipinski definition) is 2. The van der Waals surface area contributed by atoms with Crippen LogP contribution in [-0.2, 0) is 22.7 Å². The number of benzene rings is 2. The summed E-state index contributed by atoms with van der Waals surface area (Å²) in [5.41, 5.74) is 2.02. The van der Waals surface area contributed by atoms with Crippen molar-refractivity contribution in [3.05, 3.63) is 69.7 Å². The van der Waals surface area contributed by atoms with Crippen LogP contribution in [0.5, 0.6) is 0 Å². The summed E-state index contributed by atoms with van der Waals surface area (Å²) in [6, 6.07) is 15.0. The number of rotatable bonds is 11. The molecule has 0 radical (unpaired) electrons. The van der Waals surface area contributed by atoms with Crippen molar-refractivity contribution >= 4 is 35.1 Å². The lowest BCUT2D eigenvalue weighted by Gasteiger charge is -2.26. The van der Waals surface area contributed by atoms with Gasteiger partial charge < -0.3 is 10.2 Å². The largest absolute Gasteiger partial charge is 0.480 e. The Balaban J connectivity index is 2.11. The Labute approximate surface area is 173 Å². The summed E-state index contributed by atoms with van der Waals surface area (Å²) >= 11 is 12.2. The minimum absolute atomic E-state index is 0.305. The van der Waals surface area contributed by atoms with E-state index in [0.29, 0.717) is 36.2 Å². The van der Waals surface area contributed by atoms with Crippen molar-refractivity contribution in [2.75, 3.05) is 26.2 Å². The van der Waals surface area contributed by atoms with Gasteiger partial charge in [-0.15, -0.1) is 0 Å². The predicted molar refractivity (Wildman–Crippen MR) is 109 cm³/mol. The molecule has 28 heavy (non-hydrogen) atoms. The van der Waals surface area contributed by atoms with Gasteiger partial charge in [-0.25, -0.2) is 0 Å². The molecule has 6 nitrogen and oxygen atoms in total. The first kappa shape index (κ1) is 22.2. The molecular formula is C20H22Cl2N2O4. The summed E-state index contributed by atoms with van der Waals surface area (Å²) in [6.45, 7) is 1.31. The van der Waals surface area contributed by atoms with E-state index < -0.39 is 11.9 Å². The van der Waals surface area contributed by atoms with Crippen LogP contribution < -0.4 is 0 Å². The Bertz CT molecular complexity index is 753. The minimum atomic E-state index is -1.06. The van der Waals surface area contributed by atoms with Crippen molar-refractivity contribution in [2.45, 2.75) is 13.1 Å². The standard InChI is InChI=1S/C20H22Cl2N2O4/c21-17-5-1-3-15(9-17)11-23(12-16-4-2-6-18(22)10-16)7-8-24(13-19(25)26)14-20(27)28/h1-6,9-10H,7-8,11-14H2,(H,25,26)(H,27,28). The van der Waals surface area contributed by atoms with Gasteiger partial charge in [0.25, 0.3) is 0 Å². The number of carboxylic acids is 2. The highest BCUT2D eigenvalue weighted by Gasteiger charge is 2.16. The molecule has 2 N–H and O–H groups in total. The van der Waals surface area contributed by atoms with E-state index in [1.165, 1.54) is 4.90 Å². The fourth-order valence-electron chi connectivity index (χ4n) is 2.88. The molecule has 0 aliphatic rings. The van der Waals surface area contributed by atoms with Crippen LogP contribution in [0.2, 0.25) is 10.0 Å². The highest BCUT2D eigenvalue weighted by molar-refractivity contribution is 6.30. The number of nitrogens with zero attached hydrogens (tertiary/aromatic N) is 2. The summed E-state index contributed by atoms with van der Waals surface area (Å²) in [6.07, 6.45) is 0. The SMILES string of the molecule is O=C(O)CN(CCN(Cc1cccc(Cl)c1)Cc1cccc(Cl)c1)CC(=O)O. The zero-order chi connectivity index (χ0) is 20.5. The summed E-state index contributed by atoms with van der Waals surface area (Å²) in [7, 11) is 0. The van der Waals surface area contributed by atoms with E-state index in [9.17, 15) is 9.59 Å². The van der Waals surface area contributed by atoms with Crippen LogP contribution in [0, 0.1) is 0 Å². The molecule has 0 spiro atoms. The van der Waals surface area contributed by atoms with Crippen molar-refractivity contribution in [1.82, 2.24) is 9.80 Å². The molecule has 0 saturated heterocycles. The summed E-state index contributed by atoms with van der Waals surface area (Å²) < 4.78 is 0. The Morgan fingerprint density at radius 2 is 1.18 bits per heavy atom. The van der Waals surface area contributed by atoms with Gasteiger partial charge in [0.2, 0.25) is 0 Å². The normalized spacial score (nSPS) is 11.1. The third-order valence-corrected chi connectivity index (χ3v) is 4.51. The quantitative estimate of drug-likeness (QED) is 0.574. The van der Waals surface area contributed by atoms with Crippen LogP contribution in [0.15, 0.2) is 48.5 Å². The first-order chi connectivity index (χ1) is 13.3. The van der Waals surface area contributed by atoms with Gasteiger partial charge >= 0.3 is 11.9 Å². The Morgan fingerprint density at radius 3 is 1.57 bits per heavy atom. The summed E-state index contributed by atoms with van der Waals surface area (Å²) in [5.74, 6) is -2.12. The van der Waals surface area contributed by atoms with Gasteiger partial charge in [0, 0.05) is 36.2 Å². The molecule has 8 heteroatoms. The maximum absolute atomic E-state index is 11.0. The maximum atomic E-state index is 11.0. The average Bonchev–Trinajstić information content (AvgIpc) is 2.58. The van der Waals surface area contributed by atoms with E-state index in [4.69, 9.17) is 33.4 Å². The molecule has 0 heterocycles. The van der Waals surface area contributed by atoms with Crippen LogP contribution in [0.1, 0.15) is 11.1 Å². The Kier molecular flexibility index (Phi) is 8.73. The number of carbonyl (C=O) groups is 2. The molecule has 0 aliphatic heterocycles. The number of halogens is 2. The summed E-state index contributed by atoms with van der Waals surface area (Å²) in [4.78, 5) is 25.5. The molecule has 0 saturated carbocycles. The molecule has 0 unspecified atom stereocenters. The molecule has 0 atom stereocenters. The molecule has 0 aliphatic carbocycles. The second kappa shape index (κ2) is 11.0. The van der Waals surface area contributed by atoms with Gasteiger partial charge in [0.05, 0.1) is 13.1 Å². The van der Waals surface area contributed by atoms with Crippen LogP contribution in [0.4, 0.5) is 0 Å². The van der Waals surface area contributed by atoms with E-state index in [2.05, 4.69) is 4.90 Å². The summed E-state index contributed by atoms with van der Waals surface area (Å²) in [5, 5.41) is 19.3. The fraction of sp³-hybridized carbons (Fsp3) is 0.300. The minimum Gasteiger partial charge on any atom is -0.480 e. The lowest BCUT2D eigenvalue weighted by molar-refractivity contribution is -0.141. The highest BCUT2D eigenvalue weighted by atomic mass is 35.5. The van der Waals surface area contributed by atoms with Crippen molar-refractivity contribution in [2.24, 2.45) is 0 Å². The third kappa shape index (κ3) is 8.27. The molecule has 0 aromatic heterocycles. The molecule has 2 aromatic carbocycles. The topological polar surface area (TPSA) is 81.1 Å². The van der Waals surface area contributed by atoms with Gasteiger partial charge in [0.1, 0.15) is 0 Å². The van der Waals surface area contributed by atoms with E-state index in [-0.39, 0.29) is 13.1 Å². The van der Waals surface area contributed by atoms with Crippen LogP contribution in [0.3, 0.4) is 0 Å². The van der Waals surface area contributed by atoms with Gasteiger partial charge in [-0.2, -0.15) is 0 Å². The predicted octanol–water partition coefficient (Wildman–Crippen LogP) is 3.47. The van der Waals surface area contributed by atoms with Gasteiger partial charge in [-0.3, -0.25) is 19.4 Å². The smallest absolute Gasteiger partial charge is 0.317 e. The molecule has 150 valence electrons. The number of hydrogen-bond acceptors (Lipinski definition) is 4. The number of carboxylic acid groups (broad SMARTS) is 2. The molecule has 0 amide bonds. The zero-order valence-electron chi connectivity index (χ0n) is 15.2. The second-order valence-corrected chi connectivity index (χ2v) is 7.34. The first-order valence-electron chi connectivity index (χ1n) is 8.69. The maximum Gasteiger partial charge on any atom is 0.317 e. The lowest BCUT2D eigenvalue weighted by Crippen LogP contribution is -2.40. The van der Waals surface area contributed by atoms with Crippen LogP contribution in [-0.4, -0.2) is 58.1 Å². The van der Waals surface area contributed by atoms with E-state index in [0.717, 1.165) is 11.1 Å². The fourth-order valence-corrected chi connectivity index (χ4v) is 3.31. The monoisotopic (exact) mass is 424 g/mol. The zero-order valence-corrected chi connectivity index (χ0v) is 16.7. The van der Waals surface area contributed by atoms with Gasteiger partial charge in [-0.1, -0.05) is 47.5 Å². The average molecular weight is 425 g/mol. The Morgan fingerprint density at radius 1 is 0.750 bits per heavy atom. The van der Waals surface area contributed by atoms with Crippen molar-refractivity contribution < 1.29 is 19.8 Å². The molecule has 2 rings (SSSR count). The van der Waals surface area contributed by atoms with E-state index >= 15 is 0 Å². The van der Waals surface area contributed by atoms with E-state index in [1.807, 2.05) is 36.4 Å². The van der Waals surface area contributed by atoms with Gasteiger partial charge in [0.15, 0.2) is 0 Å². The van der Waals surface area contributed by atoms with Crippen molar-refractivity contribution in [1.29, 1.82) is 0 Å². The molecule has 2 aromatic rings. The lowest BCUT2D eigenvalue weighted by atomic mass is 10.1. The van der Waals surface area contributed by atoms with Crippen molar-refractivity contribution in [3.63, 3.8) is 0 Å². The number of aliphatic carboxylic acids is 2. The van der Waals surface area contributed by atoms with Crippen LogP contribution >= 0.6 is 23.2 Å². The second-order valence-electron chi connectivity index (χ2n) is 6.47. The molecule has 0 fully saturated rings. The molecular weight excluding hydrogens is 403 g/mol. The van der Waals surface area contributed by atoms with Crippen LogP contribution in [0.25, 0.3) is 0 Å².